The lowest BCUT2D eigenvalue weighted by Gasteiger charge is -2.59. The third-order valence-electron chi connectivity index (χ3n) is 5.50. The smallest absolute Gasteiger partial charge is 0.230 e. The first-order valence-electron chi connectivity index (χ1n) is 7.62. The molecule has 3 heteroatoms. The maximum atomic E-state index is 12.8. The average molecular weight is 290 g/mol. The third kappa shape index (κ3) is 1.96. The van der Waals surface area contributed by atoms with Crippen molar-refractivity contribution in [1.29, 1.82) is 0 Å². The van der Waals surface area contributed by atoms with Crippen LogP contribution in [0.5, 0.6) is 0 Å². The van der Waals surface area contributed by atoms with Crippen LogP contribution in [0.25, 0.3) is 0 Å². The fraction of sp³-hybridized carbons (Fsp3) is 0.588. The van der Waals surface area contributed by atoms with E-state index in [-0.39, 0.29) is 16.2 Å². The molecule has 20 heavy (non-hydrogen) atoms. The van der Waals surface area contributed by atoms with Crippen molar-refractivity contribution in [2.75, 3.05) is 5.32 Å². The first-order valence-corrected chi connectivity index (χ1v) is 8.00. The van der Waals surface area contributed by atoms with Crippen molar-refractivity contribution < 1.29 is 4.79 Å². The molecule has 2 atom stereocenters. The number of amides is 1. The molecule has 5 rings (SSSR count). The number of para-hydroxylation sites is 1. The second kappa shape index (κ2) is 4.24. The second-order valence-electron chi connectivity index (χ2n) is 7.21. The van der Waals surface area contributed by atoms with Gasteiger partial charge in [0.05, 0.1) is 5.41 Å². The van der Waals surface area contributed by atoms with E-state index in [9.17, 15) is 4.79 Å². The number of hydrogen-bond donors (Lipinski definition) is 1. The van der Waals surface area contributed by atoms with Crippen LogP contribution in [0.15, 0.2) is 30.3 Å². The number of rotatable bonds is 2. The van der Waals surface area contributed by atoms with Crippen LogP contribution in [0, 0.1) is 17.3 Å². The van der Waals surface area contributed by atoms with Gasteiger partial charge in [-0.2, -0.15) is 0 Å². The first-order chi connectivity index (χ1) is 9.57. The molecule has 1 N–H and O–H groups in total. The number of hydrogen-bond acceptors (Lipinski definition) is 1. The van der Waals surface area contributed by atoms with Crippen molar-refractivity contribution in [2.45, 2.75) is 43.4 Å². The monoisotopic (exact) mass is 289 g/mol. The Morgan fingerprint density at radius 3 is 2.35 bits per heavy atom. The van der Waals surface area contributed by atoms with Gasteiger partial charge in [0.1, 0.15) is 0 Å². The van der Waals surface area contributed by atoms with Crippen molar-refractivity contribution in [2.24, 2.45) is 17.3 Å². The minimum Gasteiger partial charge on any atom is -0.326 e. The van der Waals surface area contributed by atoms with Gasteiger partial charge in [0.15, 0.2) is 0 Å². The molecule has 0 heterocycles. The van der Waals surface area contributed by atoms with Gasteiger partial charge in [-0.25, -0.2) is 0 Å². The van der Waals surface area contributed by atoms with Gasteiger partial charge in [-0.1, -0.05) is 18.2 Å². The minimum absolute atomic E-state index is 0.0991. The molecule has 1 aromatic rings. The average Bonchev–Trinajstić information content (AvgIpc) is 2.37. The van der Waals surface area contributed by atoms with Crippen LogP contribution >= 0.6 is 11.6 Å². The van der Waals surface area contributed by atoms with Crippen molar-refractivity contribution in [3.8, 4) is 0 Å². The lowest BCUT2D eigenvalue weighted by molar-refractivity contribution is -0.138. The summed E-state index contributed by atoms with van der Waals surface area (Å²) < 4.78 is 0. The Bertz CT molecular complexity index is 527. The zero-order chi connectivity index (χ0) is 13.8. The van der Waals surface area contributed by atoms with Gasteiger partial charge in [0.2, 0.25) is 5.91 Å². The fourth-order valence-electron chi connectivity index (χ4n) is 5.20. The summed E-state index contributed by atoms with van der Waals surface area (Å²) in [5.74, 6) is 1.52. The van der Waals surface area contributed by atoms with E-state index in [0.29, 0.717) is 11.8 Å². The summed E-state index contributed by atoms with van der Waals surface area (Å²) in [6.45, 7) is 0. The highest BCUT2D eigenvalue weighted by molar-refractivity contribution is 6.24. The SMILES string of the molecule is O=C(Nc1ccccc1)C12CC3CC(CC(Cl)(C3)C1)C2. The highest BCUT2D eigenvalue weighted by Crippen LogP contribution is 2.64. The Morgan fingerprint density at radius 1 is 1.10 bits per heavy atom. The summed E-state index contributed by atoms with van der Waals surface area (Å²) in [5, 5.41) is 3.12. The Labute approximate surface area is 124 Å². The maximum Gasteiger partial charge on any atom is 0.230 e. The second-order valence-corrected chi connectivity index (χ2v) is 8.01. The topological polar surface area (TPSA) is 29.1 Å². The highest BCUT2D eigenvalue weighted by Gasteiger charge is 2.60. The standard InChI is InChI=1S/C17H20ClNO/c18-17-9-12-6-13(10-17)8-16(7-12,11-17)15(20)19-14-4-2-1-3-5-14/h1-5,12-13H,6-11H2,(H,19,20). The van der Waals surface area contributed by atoms with Crippen LogP contribution in [0.2, 0.25) is 0 Å². The molecule has 4 aliphatic rings. The molecule has 2 unspecified atom stereocenters. The number of carbonyl (C=O) groups excluding carboxylic acids is 1. The quantitative estimate of drug-likeness (QED) is 0.812. The molecule has 0 radical (unpaired) electrons. The summed E-state index contributed by atoms with van der Waals surface area (Å²) >= 11 is 6.79. The van der Waals surface area contributed by atoms with Crippen LogP contribution in [-0.2, 0) is 4.79 Å². The van der Waals surface area contributed by atoms with Gasteiger partial charge >= 0.3 is 0 Å². The lowest BCUT2D eigenvalue weighted by atomic mass is 9.49. The lowest BCUT2D eigenvalue weighted by Crippen LogP contribution is -2.57. The summed E-state index contributed by atoms with van der Waals surface area (Å²) in [6, 6.07) is 9.79. The van der Waals surface area contributed by atoms with E-state index < -0.39 is 0 Å². The van der Waals surface area contributed by atoms with E-state index in [1.807, 2.05) is 30.3 Å². The fourth-order valence-corrected chi connectivity index (χ4v) is 5.89. The number of benzene rings is 1. The van der Waals surface area contributed by atoms with Crippen LogP contribution < -0.4 is 5.32 Å². The van der Waals surface area contributed by atoms with E-state index >= 15 is 0 Å². The van der Waals surface area contributed by atoms with Gasteiger partial charge < -0.3 is 5.32 Å². The van der Waals surface area contributed by atoms with E-state index in [2.05, 4.69) is 5.32 Å². The number of alkyl halides is 1. The molecule has 1 amide bonds. The molecule has 2 nitrogen and oxygen atoms in total. The molecule has 4 saturated carbocycles. The van der Waals surface area contributed by atoms with E-state index in [1.165, 1.54) is 6.42 Å². The molecule has 1 aromatic carbocycles. The van der Waals surface area contributed by atoms with Crippen molar-refractivity contribution in [1.82, 2.24) is 0 Å². The summed E-state index contributed by atoms with van der Waals surface area (Å²) in [4.78, 5) is 12.7. The van der Waals surface area contributed by atoms with Crippen LogP contribution in [0.1, 0.15) is 38.5 Å². The molecular weight excluding hydrogens is 270 g/mol. The molecule has 0 spiro atoms. The van der Waals surface area contributed by atoms with Gasteiger partial charge in [-0.15, -0.1) is 11.6 Å². The number of carbonyl (C=O) groups is 1. The number of halogens is 1. The zero-order valence-corrected chi connectivity index (χ0v) is 12.3. The molecule has 106 valence electrons. The maximum absolute atomic E-state index is 12.8. The van der Waals surface area contributed by atoms with Crippen LogP contribution in [0.4, 0.5) is 5.69 Å². The summed E-state index contributed by atoms with van der Waals surface area (Å²) in [5.41, 5.74) is 0.693. The molecular formula is C17H20ClNO. The number of nitrogens with one attached hydrogen (secondary N) is 1. The predicted octanol–water partition coefficient (Wildman–Crippen LogP) is 4.20. The Balaban J connectivity index is 1.60. The number of anilines is 1. The van der Waals surface area contributed by atoms with Crippen LogP contribution in [0.3, 0.4) is 0 Å². The predicted molar refractivity (Wildman–Crippen MR) is 80.8 cm³/mol. The first kappa shape index (κ1) is 12.7. The van der Waals surface area contributed by atoms with Gasteiger partial charge in [-0.05, 0) is 62.5 Å². The van der Waals surface area contributed by atoms with Crippen molar-refractivity contribution in [3.05, 3.63) is 30.3 Å². The van der Waals surface area contributed by atoms with Gasteiger partial charge in [0.25, 0.3) is 0 Å². The highest BCUT2D eigenvalue weighted by atomic mass is 35.5. The van der Waals surface area contributed by atoms with E-state index in [1.54, 1.807) is 0 Å². The summed E-state index contributed by atoms with van der Waals surface area (Å²) in [6.07, 6.45) is 6.46. The van der Waals surface area contributed by atoms with Crippen LogP contribution in [-0.4, -0.2) is 10.8 Å². The van der Waals surface area contributed by atoms with E-state index in [4.69, 9.17) is 11.6 Å². The Hall–Kier alpha value is -1.02. The molecule has 0 aromatic heterocycles. The summed E-state index contributed by atoms with van der Waals surface area (Å²) in [7, 11) is 0. The molecule has 0 aliphatic heterocycles. The van der Waals surface area contributed by atoms with Crippen molar-refractivity contribution in [3.63, 3.8) is 0 Å². The third-order valence-corrected chi connectivity index (χ3v) is 5.95. The molecule has 0 saturated heterocycles. The largest absolute Gasteiger partial charge is 0.326 e. The molecule has 4 fully saturated rings. The van der Waals surface area contributed by atoms with Gasteiger partial charge in [-0.3, -0.25) is 4.79 Å². The van der Waals surface area contributed by atoms with E-state index in [0.717, 1.165) is 37.8 Å². The zero-order valence-electron chi connectivity index (χ0n) is 11.6. The Morgan fingerprint density at radius 2 is 1.75 bits per heavy atom. The minimum atomic E-state index is -0.207. The Kier molecular flexibility index (Phi) is 2.69. The van der Waals surface area contributed by atoms with Crippen molar-refractivity contribution >= 4 is 23.2 Å². The normalized spacial score (nSPS) is 41.6. The molecule has 4 aliphatic carbocycles. The van der Waals surface area contributed by atoms with Gasteiger partial charge in [0, 0.05) is 10.6 Å². The molecule has 4 bridgehead atoms.